The maximum absolute atomic E-state index is 12.3. The summed E-state index contributed by atoms with van der Waals surface area (Å²) in [6.45, 7) is 1.26. The van der Waals surface area contributed by atoms with E-state index in [1.54, 1.807) is 0 Å². The van der Waals surface area contributed by atoms with E-state index in [1.807, 2.05) is 56.6 Å². The topological polar surface area (TPSA) is 81.7 Å². The molecule has 6 heteroatoms. The number of carboxylic acids is 1. The van der Waals surface area contributed by atoms with Crippen LogP contribution in [0.2, 0.25) is 0 Å². The monoisotopic (exact) mass is 383 g/mol. The van der Waals surface area contributed by atoms with Crippen LogP contribution in [0.5, 0.6) is 0 Å². The first-order valence-electron chi connectivity index (χ1n) is 9.45. The molecule has 0 saturated heterocycles. The van der Waals surface area contributed by atoms with Crippen molar-refractivity contribution in [3.05, 3.63) is 71.3 Å². The second-order valence-corrected chi connectivity index (χ2v) is 7.20. The summed E-state index contributed by atoms with van der Waals surface area (Å²) in [4.78, 5) is 25.4. The lowest BCUT2D eigenvalue weighted by Crippen LogP contribution is -2.43. The number of nitrogens with zero attached hydrogens (tertiary/aromatic N) is 1. The number of amides is 2. The minimum Gasteiger partial charge on any atom is -0.481 e. The largest absolute Gasteiger partial charge is 0.481 e. The molecule has 0 aliphatic carbocycles. The molecule has 2 aromatic carbocycles. The van der Waals surface area contributed by atoms with Crippen molar-refractivity contribution < 1.29 is 14.7 Å². The van der Waals surface area contributed by atoms with Gasteiger partial charge in [0, 0.05) is 25.6 Å². The van der Waals surface area contributed by atoms with Crippen molar-refractivity contribution in [2.45, 2.75) is 38.4 Å². The molecule has 3 N–H and O–H groups in total. The molecule has 2 amide bonds. The van der Waals surface area contributed by atoms with E-state index in [4.69, 9.17) is 5.11 Å². The number of carbonyl (C=O) groups excluding carboxylic acids is 1. The van der Waals surface area contributed by atoms with Crippen molar-refractivity contribution in [3.63, 3.8) is 0 Å². The average molecular weight is 383 g/mol. The number of rotatable bonds is 10. The van der Waals surface area contributed by atoms with Gasteiger partial charge in [0.25, 0.3) is 0 Å². The van der Waals surface area contributed by atoms with Gasteiger partial charge in [0.1, 0.15) is 0 Å². The van der Waals surface area contributed by atoms with Crippen molar-refractivity contribution in [3.8, 4) is 0 Å². The first-order valence-corrected chi connectivity index (χ1v) is 9.45. The normalized spacial score (nSPS) is 11.8. The first kappa shape index (κ1) is 21.4. The zero-order valence-corrected chi connectivity index (χ0v) is 16.5. The number of carbonyl (C=O) groups is 2. The molecular formula is C22H29N3O3. The van der Waals surface area contributed by atoms with Gasteiger partial charge in [-0.05, 0) is 43.6 Å². The molecule has 0 spiro atoms. The highest BCUT2D eigenvalue weighted by molar-refractivity contribution is 5.74. The van der Waals surface area contributed by atoms with Crippen LogP contribution in [0.3, 0.4) is 0 Å². The van der Waals surface area contributed by atoms with E-state index < -0.39 is 5.97 Å². The van der Waals surface area contributed by atoms with E-state index in [9.17, 15) is 9.59 Å². The Morgan fingerprint density at radius 2 is 1.68 bits per heavy atom. The number of carboxylic acid groups (broad SMARTS) is 1. The third-order valence-corrected chi connectivity index (χ3v) is 4.31. The lowest BCUT2D eigenvalue weighted by Gasteiger charge is -2.19. The highest BCUT2D eigenvalue weighted by Gasteiger charge is 2.14. The highest BCUT2D eigenvalue weighted by atomic mass is 16.4. The van der Waals surface area contributed by atoms with E-state index in [-0.39, 0.29) is 18.5 Å². The van der Waals surface area contributed by atoms with Gasteiger partial charge in [-0.1, -0.05) is 54.6 Å². The molecule has 1 unspecified atom stereocenters. The number of nitrogens with one attached hydrogen (secondary N) is 2. The Kier molecular flexibility index (Phi) is 8.49. The van der Waals surface area contributed by atoms with E-state index >= 15 is 0 Å². The molecule has 0 aromatic heterocycles. The Balaban J connectivity index is 1.90. The second-order valence-electron chi connectivity index (χ2n) is 7.20. The molecule has 150 valence electrons. The number of aliphatic carboxylic acids is 1. The fourth-order valence-electron chi connectivity index (χ4n) is 3.04. The minimum absolute atomic E-state index is 0.0182. The lowest BCUT2D eigenvalue weighted by molar-refractivity contribution is -0.137. The third-order valence-electron chi connectivity index (χ3n) is 4.31. The molecule has 0 radical (unpaired) electrons. The Labute approximate surface area is 166 Å². The van der Waals surface area contributed by atoms with Gasteiger partial charge in [-0.2, -0.15) is 0 Å². The van der Waals surface area contributed by atoms with Gasteiger partial charge in [0.15, 0.2) is 0 Å². The van der Waals surface area contributed by atoms with E-state index in [0.29, 0.717) is 19.4 Å². The molecule has 2 rings (SSSR count). The first-order chi connectivity index (χ1) is 13.4. The Morgan fingerprint density at radius 3 is 2.36 bits per heavy atom. The van der Waals surface area contributed by atoms with Gasteiger partial charge < -0.3 is 20.6 Å². The van der Waals surface area contributed by atoms with Crippen molar-refractivity contribution >= 4 is 12.0 Å². The van der Waals surface area contributed by atoms with Crippen LogP contribution < -0.4 is 10.6 Å². The van der Waals surface area contributed by atoms with E-state index in [0.717, 1.165) is 17.7 Å². The summed E-state index contributed by atoms with van der Waals surface area (Å²) in [5.74, 6) is -0.863. The zero-order chi connectivity index (χ0) is 20.4. The number of urea groups is 1. The minimum atomic E-state index is -0.863. The molecule has 2 aromatic rings. The van der Waals surface area contributed by atoms with Gasteiger partial charge >= 0.3 is 12.0 Å². The summed E-state index contributed by atoms with van der Waals surface area (Å²) in [7, 11) is 4.03. The zero-order valence-electron chi connectivity index (χ0n) is 16.5. The van der Waals surface area contributed by atoms with Crippen LogP contribution in [0, 0.1) is 0 Å². The van der Waals surface area contributed by atoms with Gasteiger partial charge in [0.05, 0.1) is 0 Å². The molecule has 0 saturated carbocycles. The van der Waals surface area contributed by atoms with Gasteiger partial charge in [0.2, 0.25) is 0 Å². The molecule has 28 heavy (non-hydrogen) atoms. The smallest absolute Gasteiger partial charge is 0.315 e. The maximum atomic E-state index is 12.3. The molecule has 1 atom stereocenters. The van der Waals surface area contributed by atoms with E-state index in [2.05, 4.69) is 27.7 Å². The molecule has 0 bridgehead atoms. The van der Waals surface area contributed by atoms with Crippen LogP contribution in [-0.2, 0) is 24.3 Å². The summed E-state index contributed by atoms with van der Waals surface area (Å²) < 4.78 is 0. The number of benzene rings is 2. The number of hydrogen-bond acceptors (Lipinski definition) is 3. The fourth-order valence-corrected chi connectivity index (χ4v) is 3.04. The van der Waals surface area contributed by atoms with E-state index in [1.165, 1.54) is 5.56 Å². The highest BCUT2D eigenvalue weighted by Crippen LogP contribution is 2.09. The third kappa shape index (κ3) is 8.22. The standard InChI is InChI=1S/C22H29N3O3/c1-25(2)16-19-10-6-9-18(13-19)15-23-22(28)24-20(11-12-21(26)27)14-17-7-4-3-5-8-17/h3-10,13,20H,11-12,14-16H2,1-2H3,(H,26,27)(H2,23,24,28). The van der Waals surface area contributed by atoms with Crippen LogP contribution in [0.4, 0.5) is 4.79 Å². The summed E-state index contributed by atoms with van der Waals surface area (Å²) in [5.41, 5.74) is 3.28. The molecule has 6 nitrogen and oxygen atoms in total. The van der Waals surface area contributed by atoms with Crippen LogP contribution >= 0.6 is 0 Å². The average Bonchev–Trinajstić information content (AvgIpc) is 2.65. The summed E-state index contributed by atoms with van der Waals surface area (Å²) in [5, 5.41) is 14.8. The van der Waals surface area contributed by atoms with Crippen molar-refractivity contribution in [2.75, 3.05) is 14.1 Å². The van der Waals surface area contributed by atoms with Crippen LogP contribution in [0.25, 0.3) is 0 Å². The van der Waals surface area contributed by atoms with Crippen molar-refractivity contribution in [1.29, 1.82) is 0 Å². The van der Waals surface area contributed by atoms with Crippen molar-refractivity contribution in [1.82, 2.24) is 15.5 Å². The quantitative estimate of drug-likeness (QED) is 0.589. The molecule has 0 fully saturated rings. The molecule has 0 heterocycles. The van der Waals surface area contributed by atoms with Crippen molar-refractivity contribution in [2.24, 2.45) is 0 Å². The van der Waals surface area contributed by atoms with Gasteiger partial charge in [-0.3, -0.25) is 4.79 Å². The van der Waals surface area contributed by atoms with Crippen LogP contribution in [0.15, 0.2) is 54.6 Å². The SMILES string of the molecule is CN(C)Cc1cccc(CNC(=O)NC(CCC(=O)O)Cc2ccccc2)c1. The summed E-state index contributed by atoms with van der Waals surface area (Å²) in [6, 6.07) is 17.3. The molecule has 0 aliphatic rings. The van der Waals surface area contributed by atoms with Gasteiger partial charge in [-0.15, -0.1) is 0 Å². The van der Waals surface area contributed by atoms with Crippen LogP contribution in [0.1, 0.15) is 29.5 Å². The summed E-state index contributed by atoms with van der Waals surface area (Å²) in [6.07, 6.45) is 1.00. The predicted molar refractivity (Wildman–Crippen MR) is 110 cm³/mol. The summed E-state index contributed by atoms with van der Waals surface area (Å²) >= 11 is 0. The lowest BCUT2D eigenvalue weighted by atomic mass is 10.0. The fraction of sp³-hybridized carbons (Fsp3) is 0.364. The predicted octanol–water partition coefficient (Wildman–Crippen LogP) is 3.02. The molecule has 0 aliphatic heterocycles. The van der Waals surface area contributed by atoms with Crippen LogP contribution in [-0.4, -0.2) is 42.1 Å². The Bertz CT molecular complexity index is 763. The van der Waals surface area contributed by atoms with Gasteiger partial charge in [-0.25, -0.2) is 4.79 Å². The Hall–Kier alpha value is -2.86. The molecular weight excluding hydrogens is 354 g/mol. The maximum Gasteiger partial charge on any atom is 0.315 e. The second kappa shape index (κ2) is 11.1. The Morgan fingerprint density at radius 1 is 1.00 bits per heavy atom. The number of hydrogen-bond donors (Lipinski definition) is 3.